The number of hydrogen-bond acceptors (Lipinski definition) is 4. The minimum absolute atomic E-state index is 0.00498. The van der Waals surface area contributed by atoms with Crippen LogP contribution in [0, 0.1) is 5.92 Å². The maximum absolute atomic E-state index is 13.0. The number of carbonyl (C=O) groups is 1. The molecule has 1 saturated heterocycles. The summed E-state index contributed by atoms with van der Waals surface area (Å²) in [6.45, 7) is 3.09. The van der Waals surface area contributed by atoms with Crippen molar-refractivity contribution in [2.24, 2.45) is 5.92 Å². The zero-order valence-electron chi connectivity index (χ0n) is 17.5. The van der Waals surface area contributed by atoms with Gasteiger partial charge in [-0.15, -0.1) is 0 Å². The lowest BCUT2D eigenvalue weighted by Crippen LogP contribution is -2.43. The average molecular weight is 463 g/mol. The molecule has 0 radical (unpaired) electrons. The molecule has 1 heterocycles. The molecule has 1 N–H and O–H groups in total. The standard InChI is InChI=1S/C23H27ClN2O4S/c1-2-30-19-5-7-20(8-6-19)31(28,29)26-13-11-16(12-14-26)23(27)25-22-10-3-17-15-18(24)4-9-21(17)22/h4-9,15-16,22H,2-3,10-14H2,1H3,(H,25,27). The molecule has 0 aromatic heterocycles. The van der Waals surface area contributed by atoms with Gasteiger partial charge in [0.15, 0.2) is 0 Å². The van der Waals surface area contributed by atoms with Gasteiger partial charge in [-0.1, -0.05) is 17.7 Å². The van der Waals surface area contributed by atoms with Crippen LogP contribution in [0.15, 0.2) is 47.4 Å². The van der Waals surface area contributed by atoms with Gasteiger partial charge >= 0.3 is 0 Å². The van der Waals surface area contributed by atoms with Crippen molar-refractivity contribution >= 4 is 27.5 Å². The monoisotopic (exact) mass is 462 g/mol. The number of amides is 1. The smallest absolute Gasteiger partial charge is 0.243 e. The molecule has 0 bridgehead atoms. The van der Waals surface area contributed by atoms with Crippen molar-refractivity contribution in [2.45, 2.75) is 43.5 Å². The first-order valence-electron chi connectivity index (χ1n) is 10.7. The highest BCUT2D eigenvalue weighted by atomic mass is 35.5. The van der Waals surface area contributed by atoms with Crippen LogP contribution in [-0.4, -0.2) is 38.3 Å². The van der Waals surface area contributed by atoms with Crippen LogP contribution in [0.4, 0.5) is 0 Å². The van der Waals surface area contributed by atoms with E-state index in [1.54, 1.807) is 24.3 Å². The number of sulfonamides is 1. The van der Waals surface area contributed by atoms with Crippen LogP contribution in [0.5, 0.6) is 5.75 Å². The average Bonchev–Trinajstić information content (AvgIpc) is 3.16. The minimum atomic E-state index is -3.58. The van der Waals surface area contributed by atoms with E-state index in [0.29, 0.717) is 43.3 Å². The van der Waals surface area contributed by atoms with Crippen LogP contribution in [-0.2, 0) is 21.2 Å². The van der Waals surface area contributed by atoms with E-state index >= 15 is 0 Å². The van der Waals surface area contributed by atoms with E-state index in [0.717, 1.165) is 18.4 Å². The first-order chi connectivity index (χ1) is 14.9. The minimum Gasteiger partial charge on any atom is -0.494 e. The van der Waals surface area contributed by atoms with Crippen LogP contribution in [0.25, 0.3) is 0 Å². The summed E-state index contributed by atoms with van der Waals surface area (Å²) in [7, 11) is -3.58. The molecule has 0 saturated carbocycles. The Bertz CT molecular complexity index is 1050. The number of halogens is 1. The van der Waals surface area contributed by atoms with Gasteiger partial charge in [0.05, 0.1) is 17.5 Å². The van der Waals surface area contributed by atoms with E-state index in [1.807, 2.05) is 25.1 Å². The Hall–Kier alpha value is -2.09. The lowest BCUT2D eigenvalue weighted by Gasteiger charge is -2.31. The molecular formula is C23H27ClN2O4S. The molecular weight excluding hydrogens is 436 g/mol. The van der Waals surface area contributed by atoms with Crippen molar-refractivity contribution in [1.29, 1.82) is 0 Å². The fourth-order valence-electron chi connectivity index (χ4n) is 4.41. The first kappa shape index (κ1) is 22.1. The van der Waals surface area contributed by atoms with Crippen molar-refractivity contribution in [3.8, 4) is 5.75 Å². The lowest BCUT2D eigenvalue weighted by molar-refractivity contribution is -0.126. The third-order valence-corrected chi connectivity index (χ3v) is 8.24. The fourth-order valence-corrected chi connectivity index (χ4v) is 6.07. The van der Waals surface area contributed by atoms with Crippen molar-refractivity contribution in [3.05, 3.63) is 58.6 Å². The van der Waals surface area contributed by atoms with Gasteiger partial charge in [0, 0.05) is 24.0 Å². The summed E-state index contributed by atoms with van der Waals surface area (Å²) in [4.78, 5) is 13.1. The predicted molar refractivity (Wildman–Crippen MR) is 120 cm³/mol. The Labute approximate surface area is 188 Å². The second kappa shape index (κ2) is 9.18. The zero-order valence-corrected chi connectivity index (χ0v) is 19.1. The number of carbonyl (C=O) groups excluding carboxylic acids is 1. The van der Waals surface area contributed by atoms with Gasteiger partial charge in [-0.25, -0.2) is 8.42 Å². The molecule has 31 heavy (non-hydrogen) atoms. The summed E-state index contributed by atoms with van der Waals surface area (Å²) in [5.74, 6) is 0.474. The quantitative estimate of drug-likeness (QED) is 0.705. The summed E-state index contributed by atoms with van der Waals surface area (Å²) in [5, 5.41) is 3.88. The molecule has 8 heteroatoms. The third kappa shape index (κ3) is 4.73. The van der Waals surface area contributed by atoms with Crippen molar-refractivity contribution in [3.63, 3.8) is 0 Å². The normalized spacial score (nSPS) is 19.7. The summed E-state index contributed by atoms with van der Waals surface area (Å²) < 4.78 is 32.8. The molecule has 2 aromatic rings. The number of nitrogens with one attached hydrogen (secondary N) is 1. The van der Waals surface area contributed by atoms with Gasteiger partial charge in [-0.3, -0.25) is 4.79 Å². The SMILES string of the molecule is CCOc1ccc(S(=O)(=O)N2CCC(C(=O)NC3CCc4cc(Cl)ccc43)CC2)cc1. The van der Waals surface area contributed by atoms with Gasteiger partial charge < -0.3 is 10.1 Å². The molecule has 1 amide bonds. The summed E-state index contributed by atoms with van der Waals surface area (Å²) in [6, 6.07) is 12.3. The maximum atomic E-state index is 13.0. The van der Waals surface area contributed by atoms with Gasteiger partial charge in [-0.2, -0.15) is 4.31 Å². The largest absolute Gasteiger partial charge is 0.494 e. The van der Waals surface area contributed by atoms with Crippen LogP contribution in [0.1, 0.15) is 43.4 Å². The number of ether oxygens (including phenoxy) is 1. The molecule has 2 aromatic carbocycles. The molecule has 1 aliphatic heterocycles. The molecule has 1 atom stereocenters. The summed E-state index contributed by atoms with van der Waals surface area (Å²) >= 11 is 6.07. The fraction of sp³-hybridized carbons (Fsp3) is 0.435. The molecule has 166 valence electrons. The second-order valence-electron chi connectivity index (χ2n) is 8.03. The second-order valence-corrected chi connectivity index (χ2v) is 10.4. The molecule has 0 spiro atoms. The van der Waals surface area contributed by atoms with Crippen LogP contribution >= 0.6 is 11.6 Å². The summed E-state index contributed by atoms with van der Waals surface area (Å²) in [5.41, 5.74) is 2.32. The van der Waals surface area contributed by atoms with Gasteiger partial charge in [0.25, 0.3) is 0 Å². The molecule has 2 aliphatic rings. The van der Waals surface area contributed by atoms with Gasteiger partial charge in [0.1, 0.15) is 5.75 Å². The first-order valence-corrected chi connectivity index (χ1v) is 12.5. The van der Waals surface area contributed by atoms with E-state index in [4.69, 9.17) is 16.3 Å². The Balaban J connectivity index is 1.35. The van der Waals surface area contributed by atoms with E-state index in [-0.39, 0.29) is 22.8 Å². The van der Waals surface area contributed by atoms with Crippen molar-refractivity contribution < 1.29 is 17.9 Å². The number of hydrogen-bond donors (Lipinski definition) is 1. The maximum Gasteiger partial charge on any atom is 0.243 e. The third-order valence-electron chi connectivity index (χ3n) is 6.10. The zero-order chi connectivity index (χ0) is 22.0. The van der Waals surface area contributed by atoms with Crippen LogP contribution in [0.3, 0.4) is 0 Å². The molecule has 1 unspecified atom stereocenters. The number of fused-ring (bicyclic) bond motifs is 1. The Morgan fingerprint density at radius 2 is 1.84 bits per heavy atom. The Kier molecular flexibility index (Phi) is 6.55. The van der Waals surface area contributed by atoms with E-state index < -0.39 is 10.0 Å². The molecule has 1 fully saturated rings. The highest BCUT2D eigenvalue weighted by Crippen LogP contribution is 2.34. The number of nitrogens with zero attached hydrogens (tertiary/aromatic N) is 1. The highest BCUT2D eigenvalue weighted by Gasteiger charge is 2.33. The summed E-state index contributed by atoms with van der Waals surface area (Å²) in [6.07, 6.45) is 2.80. The number of piperidine rings is 1. The Morgan fingerprint density at radius 1 is 1.13 bits per heavy atom. The van der Waals surface area contributed by atoms with Crippen molar-refractivity contribution in [1.82, 2.24) is 9.62 Å². The molecule has 6 nitrogen and oxygen atoms in total. The number of benzene rings is 2. The highest BCUT2D eigenvalue weighted by molar-refractivity contribution is 7.89. The van der Waals surface area contributed by atoms with E-state index in [2.05, 4.69) is 5.32 Å². The van der Waals surface area contributed by atoms with E-state index in [9.17, 15) is 13.2 Å². The molecule has 1 aliphatic carbocycles. The van der Waals surface area contributed by atoms with Crippen molar-refractivity contribution in [2.75, 3.05) is 19.7 Å². The van der Waals surface area contributed by atoms with E-state index in [1.165, 1.54) is 9.87 Å². The number of rotatable bonds is 6. The Morgan fingerprint density at radius 3 is 2.52 bits per heavy atom. The van der Waals surface area contributed by atoms with Crippen LogP contribution in [0.2, 0.25) is 5.02 Å². The van der Waals surface area contributed by atoms with Gasteiger partial charge in [0.2, 0.25) is 15.9 Å². The topological polar surface area (TPSA) is 75.7 Å². The lowest BCUT2D eigenvalue weighted by atomic mass is 9.96. The number of aryl methyl sites for hydroxylation is 1. The van der Waals surface area contributed by atoms with Gasteiger partial charge in [-0.05, 0) is 80.1 Å². The predicted octanol–water partition coefficient (Wildman–Crippen LogP) is 3.94. The van der Waals surface area contributed by atoms with Crippen LogP contribution < -0.4 is 10.1 Å². The molecule has 4 rings (SSSR count).